The predicted octanol–water partition coefficient (Wildman–Crippen LogP) is 4.59. The molecule has 136 valence electrons. The Kier molecular flexibility index (Phi) is 4.54. The van der Waals surface area contributed by atoms with Crippen LogP contribution >= 0.6 is 0 Å². The van der Waals surface area contributed by atoms with Crippen LogP contribution in [0.1, 0.15) is 42.6 Å². The Balaban J connectivity index is 1.81. The summed E-state index contributed by atoms with van der Waals surface area (Å²) in [5.74, 6) is 0.864. The Morgan fingerprint density at radius 2 is 1.63 bits per heavy atom. The highest BCUT2D eigenvalue weighted by Gasteiger charge is 2.17. The molecule has 0 bridgehead atoms. The van der Waals surface area contributed by atoms with Gasteiger partial charge in [0.15, 0.2) is 5.65 Å². The molecule has 3 aromatic heterocycles. The lowest BCUT2D eigenvalue weighted by Gasteiger charge is -2.22. The fraction of sp³-hybridized carbons (Fsp3) is 0.190. The van der Waals surface area contributed by atoms with Crippen molar-refractivity contribution in [1.82, 2.24) is 19.6 Å². The molecule has 5 nitrogen and oxygen atoms in total. The molecule has 0 radical (unpaired) electrons. The molecule has 0 aliphatic heterocycles. The molecular weight excluding hydrogens is 341 g/mol. The third-order valence-electron chi connectivity index (χ3n) is 4.51. The average molecular weight is 361 g/mol. The molecule has 0 spiro atoms. The number of hydrogen-bond donors (Lipinski definition) is 1. The lowest BCUT2D eigenvalue weighted by molar-refractivity contribution is 0.626. The first-order valence-electron chi connectivity index (χ1n) is 8.88. The van der Waals surface area contributed by atoms with Gasteiger partial charge >= 0.3 is 0 Å². The van der Waals surface area contributed by atoms with E-state index in [0.29, 0.717) is 0 Å². The van der Waals surface area contributed by atoms with Gasteiger partial charge in [0.25, 0.3) is 0 Å². The van der Waals surface area contributed by atoms with Crippen molar-refractivity contribution in [2.24, 2.45) is 0 Å². The minimum absolute atomic E-state index is 0.177. The predicted molar refractivity (Wildman–Crippen MR) is 103 cm³/mol. The van der Waals surface area contributed by atoms with Gasteiger partial charge in [-0.2, -0.15) is 9.61 Å². The van der Waals surface area contributed by atoms with E-state index in [-0.39, 0.29) is 17.8 Å². The Morgan fingerprint density at radius 3 is 2.33 bits per heavy atom. The highest BCUT2D eigenvalue weighted by Crippen LogP contribution is 2.28. The van der Waals surface area contributed by atoms with Crippen LogP contribution in [0.4, 0.5) is 10.2 Å². The van der Waals surface area contributed by atoms with Crippen molar-refractivity contribution in [3.63, 3.8) is 0 Å². The number of nitrogens with zero attached hydrogens (tertiary/aromatic N) is 4. The number of halogens is 1. The highest BCUT2D eigenvalue weighted by atomic mass is 19.1. The van der Waals surface area contributed by atoms with Crippen molar-refractivity contribution in [3.8, 4) is 0 Å². The number of hydrogen-bond acceptors (Lipinski definition) is 4. The minimum atomic E-state index is -0.257. The summed E-state index contributed by atoms with van der Waals surface area (Å²) in [4.78, 5) is 8.77. The van der Waals surface area contributed by atoms with Crippen LogP contribution in [0.15, 0.2) is 67.1 Å². The molecule has 1 aromatic carbocycles. The molecule has 4 rings (SSSR count). The van der Waals surface area contributed by atoms with Crippen molar-refractivity contribution in [2.75, 3.05) is 5.32 Å². The standard InChI is InChI=1S/C21H20FN5/c1-14(2)18-13-20(27-19(25-18)9-12-24-27)26-21(16-7-10-23-11-8-16)15-3-5-17(22)6-4-15/h3-14,21,26H,1-2H3. The minimum Gasteiger partial charge on any atom is -0.359 e. The fourth-order valence-electron chi connectivity index (χ4n) is 3.05. The van der Waals surface area contributed by atoms with Crippen LogP contribution in [-0.4, -0.2) is 19.6 Å². The van der Waals surface area contributed by atoms with Gasteiger partial charge in [-0.15, -0.1) is 0 Å². The third-order valence-corrected chi connectivity index (χ3v) is 4.51. The van der Waals surface area contributed by atoms with Crippen LogP contribution in [0.3, 0.4) is 0 Å². The van der Waals surface area contributed by atoms with Gasteiger partial charge in [0, 0.05) is 30.2 Å². The Morgan fingerprint density at radius 1 is 0.926 bits per heavy atom. The van der Waals surface area contributed by atoms with Gasteiger partial charge < -0.3 is 5.32 Å². The molecule has 0 aliphatic rings. The number of aromatic nitrogens is 4. The summed E-state index contributed by atoms with van der Waals surface area (Å²) in [5, 5.41) is 7.96. The van der Waals surface area contributed by atoms with Gasteiger partial charge in [0.2, 0.25) is 0 Å². The quantitative estimate of drug-likeness (QED) is 0.565. The molecule has 27 heavy (non-hydrogen) atoms. The summed E-state index contributed by atoms with van der Waals surface area (Å²) < 4.78 is 15.2. The van der Waals surface area contributed by atoms with E-state index in [9.17, 15) is 4.39 Å². The van der Waals surface area contributed by atoms with E-state index in [2.05, 4.69) is 34.2 Å². The maximum absolute atomic E-state index is 13.4. The van der Waals surface area contributed by atoms with E-state index in [4.69, 9.17) is 0 Å². The first-order valence-corrected chi connectivity index (χ1v) is 8.88. The van der Waals surface area contributed by atoms with Crippen molar-refractivity contribution < 1.29 is 4.39 Å². The maximum atomic E-state index is 13.4. The van der Waals surface area contributed by atoms with E-state index in [0.717, 1.165) is 28.3 Å². The maximum Gasteiger partial charge on any atom is 0.157 e. The molecule has 3 heterocycles. The number of pyridine rings is 1. The Hall–Kier alpha value is -3.28. The normalized spacial score (nSPS) is 12.4. The van der Waals surface area contributed by atoms with Crippen molar-refractivity contribution in [2.45, 2.75) is 25.8 Å². The topological polar surface area (TPSA) is 55.1 Å². The molecule has 0 saturated heterocycles. The fourth-order valence-corrected chi connectivity index (χ4v) is 3.05. The summed E-state index contributed by atoms with van der Waals surface area (Å²) in [5.41, 5.74) is 3.75. The molecule has 4 aromatic rings. The summed E-state index contributed by atoms with van der Waals surface area (Å²) in [6, 6.07) is 14.2. The highest BCUT2D eigenvalue weighted by molar-refractivity contribution is 5.52. The first-order chi connectivity index (χ1) is 13.1. The second kappa shape index (κ2) is 7.15. The first kappa shape index (κ1) is 17.1. The van der Waals surface area contributed by atoms with Crippen LogP contribution in [0, 0.1) is 5.82 Å². The van der Waals surface area contributed by atoms with Gasteiger partial charge in [-0.05, 0) is 41.3 Å². The van der Waals surface area contributed by atoms with Crippen LogP contribution in [-0.2, 0) is 0 Å². The number of benzene rings is 1. The van der Waals surface area contributed by atoms with Gasteiger partial charge in [0.05, 0.1) is 12.2 Å². The molecule has 1 unspecified atom stereocenters. The zero-order chi connectivity index (χ0) is 18.8. The lowest BCUT2D eigenvalue weighted by Crippen LogP contribution is -2.16. The number of anilines is 1. The molecule has 0 amide bonds. The summed E-state index contributed by atoms with van der Waals surface area (Å²) in [6.07, 6.45) is 5.24. The summed E-state index contributed by atoms with van der Waals surface area (Å²) >= 11 is 0. The lowest BCUT2D eigenvalue weighted by atomic mass is 9.99. The zero-order valence-electron chi connectivity index (χ0n) is 15.2. The third kappa shape index (κ3) is 3.51. The van der Waals surface area contributed by atoms with Crippen LogP contribution in [0.2, 0.25) is 0 Å². The van der Waals surface area contributed by atoms with E-state index in [1.54, 1.807) is 35.2 Å². The molecule has 0 fully saturated rings. The van der Waals surface area contributed by atoms with Crippen LogP contribution in [0.25, 0.3) is 5.65 Å². The van der Waals surface area contributed by atoms with E-state index in [1.165, 1.54) is 12.1 Å². The van der Waals surface area contributed by atoms with E-state index >= 15 is 0 Å². The summed E-state index contributed by atoms with van der Waals surface area (Å²) in [7, 11) is 0. The number of rotatable bonds is 5. The van der Waals surface area contributed by atoms with Gasteiger partial charge in [0.1, 0.15) is 11.6 Å². The SMILES string of the molecule is CC(C)c1cc(NC(c2ccncc2)c2ccc(F)cc2)n2nccc2n1. The zero-order valence-corrected chi connectivity index (χ0v) is 15.2. The number of fused-ring (bicyclic) bond motifs is 1. The van der Waals surface area contributed by atoms with Gasteiger partial charge in [-0.3, -0.25) is 4.98 Å². The Bertz CT molecular complexity index is 1040. The molecule has 1 atom stereocenters. The summed E-state index contributed by atoms with van der Waals surface area (Å²) in [6.45, 7) is 4.22. The van der Waals surface area contributed by atoms with Crippen molar-refractivity contribution >= 4 is 11.5 Å². The monoisotopic (exact) mass is 361 g/mol. The van der Waals surface area contributed by atoms with E-state index < -0.39 is 0 Å². The van der Waals surface area contributed by atoms with Gasteiger partial charge in [-0.25, -0.2) is 9.37 Å². The van der Waals surface area contributed by atoms with Crippen molar-refractivity contribution in [1.29, 1.82) is 0 Å². The Labute approximate surface area is 156 Å². The van der Waals surface area contributed by atoms with E-state index in [1.807, 2.05) is 24.3 Å². The van der Waals surface area contributed by atoms with Gasteiger partial charge in [-0.1, -0.05) is 26.0 Å². The largest absolute Gasteiger partial charge is 0.359 e. The molecule has 0 aliphatic carbocycles. The molecule has 6 heteroatoms. The van der Waals surface area contributed by atoms with Crippen molar-refractivity contribution in [3.05, 3.63) is 89.8 Å². The number of nitrogens with one attached hydrogen (secondary N) is 1. The molecule has 1 N–H and O–H groups in total. The second-order valence-electron chi connectivity index (χ2n) is 6.73. The molecule has 0 saturated carbocycles. The van der Waals surface area contributed by atoms with Crippen LogP contribution in [0.5, 0.6) is 0 Å². The smallest absolute Gasteiger partial charge is 0.157 e. The second-order valence-corrected chi connectivity index (χ2v) is 6.73. The molecular formula is C21H20FN5. The average Bonchev–Trinajstić information content (AvgIpc) is 3.16. The van der Waals surface area contributed by atoms with Crippen LogP contribution < -0.4 is 5.32 Å².